The minimum atomic E-state index is -2.01. The molecule has 0 bridgehead atoms. The molecule has 0 amide bonds. The number of fused-ring (bicyclic) bond motifs is 1. The predicted octanol–water partition coefficient (Wildman–Crippen LogP) is 4.19. The molecule has 3 spiro atoms. The first kappa shape index (κ1) is 44.3. The topological polar surface area (TPSA) is 203 Å². The van der Waals surface area contributed by atoms with Crippen LogP contribution in [-0.4, -0.2) is 134 Å². The number of ether oxygens (including phenoxy) is 7. The van der Waals surface area contributed by atoms with Crippen molar-refractivity contribution < 1.29 is 68.6 Å². The van der Waals surface area contributed by atoms with Crippen LogP contribution in [0.25, 0.3) is 0 Å². The van der Waals surface area contributed by atoms with Crippen molar-refractivity contribution >= 4 is 5.97 Å². The van der Waals surface area contributed by atoms with E-state index < -0.39 is 77.8 Å². The molecule has 14 nitrogen and oxygen atoms in total. The summed E-state index contributed by atoms with van der Waals surface area (Å²) in [4.78, 5) is 11.6. The maximum absolute atomic E-state index is 11.6. The molecule has 7 aliphatic heterocycles. The number of carboxylic acids is 1. The summed E-state index contributed by atoms with van der Waals surface area (Å²) in [7, 11) is 0. The number of aliphatic hydroxyl groups is 5. The summed E-state index contributed by atoms with van der Waals surface area (Å²) in [5.41, 5.74) is -0.975. The monoisotopic (exact) mass is 820 g/mol. The minimum Gasteiger partial charge on any atom is -0.479 e. The van der Waals surface area contributed by atoms with Gasteiger partial charge in [-0.1, -0.05) is 39.5 Å². The molecule has 0 saturated carbocycles. The zero-order valence-electron chi connectivity index (χ0n) is 34.7. The fraction of sp³-hybridized carbons (Fsp3) is 0.841. The van der Waals surface area contributed by atoms with Crippen molar-refractivity contribution in [1.82, 2.24) is 0 Å². The average Bonchev–Trinajstić information content (AvgIpc) is 3.59. The summed E-state index contributed by atoms with van der Waals surface area (Å²) in [6.45, 7) is 12.1. The maximum atomic E-state index is 11.6. The molecular weight excluding hydrogens is 752 g/mol. The van der Waals surface area contributed by atoms with E-state index in [-0.39, 0.29) is 43.5 Å². The Hall–Kier alpha value is -1.79. The number of hydrogen-bond donors (Lipinski definition) is 6. The standard InChI is InChI=1S/C44H68O14/c1-25(34-21-29(24-45)22-44(56-34)35(47)11-10-31(55-44)23-41(5,51)40(49)50)8-9-30-13-17-43(54-30)18-14-33-39(58-43)36(48)28(4)38(53-33)32(46)20-27(3)37-26(2)12-16-42(57-37)15-6-7-19-52-42/h8-9,22,25-27,30-39,45-48,51H,4,6-7,10-21,23-24H2,1-3,5H3,(H,49,50)/b9-8+/t25-,26-,27+,30+,31-,32+,33-,34+,35-,36-,37+,38+,39-,41-,42+,43-,44-/m1/s1. The Kier molecular flexibility index (Phi) is 13.4. The molecule has 328 valence electrons. The smallest absolute Gasteiger partial charge is 0.335 e. The third-order valence-electron chi connectivity index (χ3n) is 14.1. The quantitative estimate of drug-likeness (QED) is 0.162. The Bertz CT molecular complexity index is 1520. The Morgan fingerprint density at radius 1 is 1.00 bits per heavy atom. The van der Waals surface area contributed by atoms with Crippen LogP contribution in [0.4, 0.5) is 0 Å². The zero-order valence-corrected chi connectivity index (χ0v) is 34.7. The summed E-state index contributed by atoms with van der Waals surface area (Å²) in [5, 5.41) is 64.2. The average molecular weight is 821 g/mol. The van der Waals surface area contributed by atoms with Crippen LogP contribution < -0.4 is 0 Å². The number of hydrogen-bond acceptors (Lipinski definition) is 13. The zero-order chi connectivity index (χ0) is 41.6. The van der Waals surface area contributed by atoms with Gasteiger partial charge in [0, 0.05) is 38.0 Å². The van der Waals surface area contributed by atoms with E-state index in [1.165, 1.54) is 6.92 Å². The van der Waals surface area contributed by atoms with Crippen LogP contribution in [0.15, 0.2) is 36.0 Å². The van der Waals surface area contributed by atoms with Gasteiger partial charge in [0.2, 0.25) is 5.79 Å². The normalized spacial score (nSPS) is 44.8. The minimum absolute atomic E-state index is 0.0390. The highest BCUT2D eigenvalue weighted by Crippen LogP contribution is 2.47. The molecule has 6 N–H and O–H groups in total. The summed E-state index contributed by atoms with van der Waals surface area (Å²) < 4.78 is 45.1. The van der Waals surface area contributed by atoms with Crippen LogP contribution >= 0.6 is 0 Å². The van der Waals surface area contributed by atoms with E-state index in [4.69, 9.17) is 33.2 Å². The third kappa shape index (κ3) is 9.19. The van der Waals surface area contributed by atoms with E-state index in [0.29, 0.717) is 62.0 Å². The van der Waals surface area contributed by atoms with Gasteiger partial charge >= 0.3 is 5.97 Å². The number of aliphatic carboxylic acids is 1. The Morgan fingerprint density at radius 3 is 2.48 bits per heavy atom. The van der Waals surface area contributed by atoms with Crippen LogP contribution in [0, 0.1) is 17.8 Å². The molecule has 7 rings (SSSR count). The van der Waals surface area contributed by atoms with Gasteiger partial charge in [0.15, 0.2) is 17.2 Å². The molecular formula is C44H68O14. The largest absolute Gasteiger partial charge is 0.479 e. The highest BCUT2D eigenvalue weighted by Gasteiger charge is 2.55. The van der Waals surface area contributed by atoms with Crippen molar-refractivity contribution in [2.75, 3.05) is 13.2 Å². The Labute approximate surface area is 342 Å². The number of aliphatic hydroxyl groups excluding tert-OH is 4. The van der Waals surface area contributed by atoms with E-state index in [1.54, 1.807) is 6.08 Å². The van der Waals surface area contributed by atoms with Crippen LogP contribution in [0.5, 0.6) is 0 Å². The molecule has 0 unspecified atom stereocenters. The van der Waals surface area contributed by atoms with Crippen molar-refractivity contribution in [3.05, 3.63) is 36.0 Å². The predicted molar refractivity (Wildman–Crippen MR) is 209 cm³/mol. The summed E-state index contributed by atoms with van der Waals surface area (Å²) in [6, 6.07) is 0. The second-order valence-electron chi connectivity index (χ2n) is 18.8. The maximum Gasteiger partial charge on any atom is 0.335 e. The lowest BCUT2D eigenvalue weighted by Gasteiger charge is -2.50. The van der Waals surface area contributed by atoms with E-state index in [9.17, 15) is 35.4 Å². The van der Waals surface area contributed by atoms with Crippen LogP contribution in [0.1, 0.15) is 118 Å². The van der Waals surface area contributed by atoms with Gasteiger partial charge < -0.3 is 63.8 Å². The molecule has 58 heavy (non-hydrogen) atoms. The van der Waals surface area contributed by atoms with Crippen molar-refractivity contribution in [3.63, 3.8) is 0 Å². The summed E-state index contributed by atoms with van der Waals surface area (Å²) >= 11 is 0. The Morgan fingerprint density at radius 2 is 1.76 bits per heavy atom. The van der Waals surface area contributed by atoms with E-state index in [1.807, 2.05) is 19.1 Å². The molecule has 0 aromatic carbocycles. The molecule has 0 radical (unpaired) electrons. The van der Waals surface area contributed by atoms with Crippen molar-refractivity contribution in [1.29, 1.82) is 0 Å². The first-order valence-corrected chi connectivity index (χ1v) is 21.8. The molecule has 7 aliphatic rings. The fourth-order valence-electron chi connectivity index (χ4n) is 10.5. The molecule has 6 fully saturated rings. The van der Waals surface area contributed by atoms with Gasteiger partial charge in [-0.05, 0) is 93.8 Å². The van der Waals surface area contributed by atoms with Crippen molar-refractivity contribution in [2.24, 2.45) is 17.8 Å². The number of carbonyl (C=O) groups is 1. The van der Waals surface area contributed by atoms with Crippen LogP contribution in [-0.2, 0) is 38.0 Å². The number of rotatable bonds is 11. The van der Waals surface area contributed by atoms with Gasteiger partial charge in [-0.25, -0.2) is 4.79 Å². The molecule has 6 saturated heterocycles. The van der Waals surface area contributed by atoms with Gasteiger partial charge in [-0.2, -0.15) is 0 Å². The molecule has 14 heteroatoms. The van der Waals surface area contributed by atoms with Gasteiger partial charge in [-0.15, -0.1) is 0 Å². The summed E-state index contributed by atoms with van der Waals surface area (Å²) in [6.07, 6.45) is 7.96. The molecule has 0 aromatic rings. The van der Waals surface area contributed by atoms with Gasteiger partial charge in [0.25, 0.3) is 0 Å². The first-order chi connectivity index (χ1) is 27.5. The lowest BCUT2D eigenvalue weighted by molar-refractivity contribution is -0.321. The fourth-order valence-corrected chi connectivity index (χ4v) is 10.5. The number of carboxylic acid groups (broad SMARTS) is 1. The SMILES string of the molecule is C=C1[C@@H](O)[C@@H]2O[C@]3(CC[C@H](/C=C/[C@@H](C)[C@@H]4CC(CO)=C[C@@]5(O[C@@H](C[C@@](C)(O)C(=O)O)CC[C@H]5O)O4)O3)CC[C@H]2O[C@@H]1[C@@H](O)C[C@H](C)[C@H]1O[C@@]2(CCCCO2)CC[C@H]1C. The third-order valence-corrected chi connectivity index (χ3v) is 14.1. The van der Waals surface area contributed by atoms with Crippen molar-refractivity contribution in [2.45, 2.75) is 202 Å². The lowest BCUT2D eigenvalue weighted by Crippen LogP contribution is -2.60. The van der Waals surface area contributed by atoms with E-state index in [2.05, 4.69) is 20.4 Å². The molecule has 0 aromatic heterocycles. The van der Waals surface area contributed by atoms with Crippen LogP contribution in [0.2, 0.25) is 0 Å². The molecule has 17 atom stereocenters. The molecule has 0 aliphatic carbocycles. The first-order valence-electron chi connectivity index (χ1n) is 21.8. The van der Waals surface area contributed by atoms with Gasteiger partial charge in [0.1, 0.15) is 24.4 Å². The van der Waals surface area contributed by atoms with Gasteiger partial charge in [-0.3, -0.25) is 0 Å². The summed E-state index contributed by atoms with van der Waals surface area (Å²) in [5.74, 6) is -4.19. The molecule has 7 heterocycles. The second kappa shape index (κ2) is 17.5. The highest BCUT2D eigenvalue weighted by atomic mass is 16.7. The Balaban J connectivity index is 0.929. The van der Waals surface area contributed by atoms with Crippen molar-refractivity contribution in [3.8, 4) is 0 Å². The second-order valence-corrected chi connectivity index (χ2v) is 18.8. The van der Waals surface area contributed by atoms with Crippen LogP contribution in [0.3, 0.4) is 0 Å². The highest BCUT2D eigenvalue weighted by molar-refractivity contribution is 5.76. The van der Waals surface area contributed by atoms with E-state index >= 15 is 0 Å². The van der Waals surface area contributed by atoms with Gasteiger partial charge in [0.05, 0.1) is 49.8 Å². The van der Waals surface area contributed by atoms with E-state index in [0.717, 1.165) is 38.7 Å². The lowest BCUT2D eigenvalue weighted by atomic mass is 9.79.